The lowest BCUT2D eigenvalue weighted by atomic mass is 9.67. The summed E-state index contributed by atoms with van der Waals surface area (Å²) in [4.78, 5) is 17.6. The van der Waals surface area contributed by atoms with Gasteiger partial charge < -0.3 is 15.8 Å². The third-order valence-corrected chi connectivity index (χ3v) is 8.28. The molecule has 5 nitrogen and oxygen atoms in total. The van der Waals surface area contributed by atoms with Crippen LogP contribution in [-0.2, 0) is 11.2 Å². The molecule has 1 aromatic carbocycles. The van der Waals surface area contributed by atoms with E-state index in [0.29, 0.717) is 48.6 Å². The van der Waals surface area contributed by atoms with Crippen LogP contribution < -0.4 is 15.8 Å². The summed E-state index contributed by atoms with van der Waals surface area (Å²) >= 11 is 0. The molecule has 3 unspecified atom stereocenters. The topological polar surface area (TPSA) is 77.2 Å². The number of nitrogens with zero attached hydrogens (tertiary/aromatic N) is 1. The van der Waals surface area contributed by atoms with E-state index in [1.165, 1.54) is 6.07 Å². The Morgan fingerprint density at radius 1 is 1.28 bits per heavy atom. The van der Waals surface area contributed by atoms with Gasteiger partial charge in [0.15, 0.2) is 0 Å². The number of primary amides is 1. The second-order valence-electron chi connectivity index (χ2n) is 10.7. The van der Waals surface area contributed by atoms with Gasteiger partial charge in [-0.05, 0) is 90.4 Å². The van der Waals surface area contributed by atoms with Crippen LogP contribution in [0.3, 0.4) is 0 Å². The smallest absolute Gasteiger partial charge is 0.387 e. The van der Waals surface area contributed by atoms with E-state index in [1.54, 1.807) is 24.4 Å². The number of amides is 1. The number of rotatable bonds is 13. The number of hydrogen-bond acceptors (Lipinski definition) is 4. The molecule has 1 amide bonds. The Kier molecular flexibility index (Phi) is 9.83. The molecule has 2 aliphatic rings. The van der Waals surface area contributed by atoms with Crippen LogP contribution in [0.5, 0.6) is 5.75 Å². The van der Waals surface area contributed by atoms with E-state index >= 15 is 0 Å². The number of hydrogen-bond donors (Lipinski definition) is 2. The van der Waals surface area contributed by atoms with Crippen molar-refractivity contribution in [1.82, 2.24) is 10.3 Å². The number of alkyl halides is 3. The molecule has 4 rings (SSSR count). The average molecular weight is 542 g/mol. The van der Waals surface area contributed by atoms with Crippen LogP contribution in [-0.4, -0.2) is 36.8 Å². The molecule has 2 aromatic rings. The molecular formula is C31H38F3N3O2. The number of nitrogens with two attached hydrogens (primary N) is 1. The van der Waals surface area contributed by atoms with E-state index in [2.05, 4.69) is 18.8 Å². The van der Waals surface area contributed by atoms with Crippen molar-refractivity contribution in [3.8, 4) is 5.75 Å². The van der Waals surface area contributed by atoms with Crippen LogP contribution in [0.25, 0.3) is 11.1 Å². The Morgan fingerprint density at radius 2 is 2.08 bits per heavy atom. The molecule has 1 saturated carbocycles. The van der Waals surface area contributed by atoms with E-state index in [4.69, 9.17) is 15.5 Å². The Balaban J connectivity index is 1.64. The fraction of sp³-hybridized carbons (Fsp3) is 0.484. The number of pyridine rings is 1. The summed E-state index contributed by atoms with van der Waals surface area (Å²) in [5, 5.41) is 3.25. The number of carbonyl (C=O) groups is 1. The SMILES string of the molecule is C=CCCC(CF)NCCc1ccc(C2=C(C(N)=O)c3ccc(OC(F)F)cc3C(C)C(C3CCC3)C2)nc1. The maximum Gasteiger partial charge on any atom is 0.387 e. The number of halogens is 3. The fourth-order valence-corrected chi connectivity index (χ4v) is 5.91. The Labute approximate surface area is 228 Å². The van der Waals surface area contributed by atoms with Crippen molar-refractivity contribution in [3.05, 3.63) is 71.6 Å². The molecule has 0 aliphatic heterocycles. The summed E-state index contributed by atoms with van der Waals surface area (Å²) in [5.41, 5.74) is 10.3. The van der Waals surface area contributed by atoms with Gasteiger partial charge in [-0.15, -0.1) is 6.58 Å². The molecule has 1 aromatic heterocycles. The second kappa shape index (κ2) is 13.3. The minimum atomic E-state index is -2.93. The zero-order chi connectivity index (χ0) is 27.9. The Hall–Kier alpha value is -3.13. The highest BCUT2D eigenvalue weighted by atomic mass is 19.3. The zero-order valence-corrected chi connectivity index (χ0v) is 22.5. The molecule has 3 N–H and O–H groups in total. The van der Waals surface area contributed by atoms with Crippen LogP contribution in [0.2, 0.25) is 0 Å². The van der Waals surface area contributed by atoms with Crippen molar-refractivity contribution in [2.45, 2.75) is 70.4 Å². The van der Waals surface area contributed by atoms with Gasteiger partial charge in [0.1, 0.15) is 12.4 Å². The molecule has 3 atom stereocenters. The third kappa shape index (κ3) is 6.90. The Morgan fingerprint density at radius 3 is 2.67 bits per heavy atom. The summed E-state index contributed by atoms with van der Waals surface area (Å²) < 4.78 is 43.9. The van der Waals surface area contributed by atoms with E-state index in [1.807, 2.05) is 12.1 Å². The lowest BCUT2D eigenvalue weighted by molar-refractivity contribution is -0.112. The highest BCUT2D eigenvalue weighted by molar-refractivity contribution is 6.26. The maximum atomic E-state index is 13.2. The molecule has 210 valence electrons. The van der Waals surface area contributed by atoms with E-state index in [-0.39, 0.29) is 23.6 Å². The number of aromatic nitrogens is 1. The number of allylic oxidation sites excluding steroid dienone is 2. The zero-order valence-electron chi connectivity index (χ0n) is 22.5. The maximum absolute atomic E-state index is 13.2. The number of carbonyl (C=O) groups excluding carboxylic acids is 1. The molecule has 0 spiro atoms. The standard InChI is InChI=1S/C31H38F3N3O2/c1-3-4-8-22(17-32)36-14-13-20-9-12-28(37-18-20)27-16-25(21-6-5-7-21)19(2)26-15-23(39-31(33)34)10-11-24(26)29(27)30(35)38/h3,9-12,15,18-19,21-22,25,31,36H,1,4-8,13-14,16-17H2,2H3,(H2,35,38). The molecule has 2 aliphatic carbocycles. The van der Waals surface area contributed by atoms with E-state index in [0.717, 1.165) is 42.4 Å². The summed E-state index contributed by atoms with van der Waals surface area (Å²) in [7, 11) is 0. The number of benzene rings is 1. The van der Waals surface area contributed by atoms with Gasteiger partial charge in [-0.2, -0.15) is 8.78 Å². The average Bonchev–Trinajstić information content (AvgIpc) is 3.00. The number of fused-ring (bicyclic) bond motifs is 1. The van der Waals surface area contributed by atoms with Crippen LogP contribution in [0.4, 0.5) is 13.2 Å². The first-order valence-electron chi connectivity index (χ1n) is 13.8. The predicted molar refractivity (Wildman–Crippen MR) is 148 cm³/mol. The lowest BCUT2D eigenvalue weighted by Gasteiger charge is -2.37. The summed E-state index contributed by atoms with van der Waals surface area (Å²) in [6.07, 6.45) is 9.74. The monoisotopic (exact) mass is 541 g/mol. The quantitative estimate of drug-likeness (QED) is 0.286. The highest BCUT2D eigenvalue weighted by Crippen LogP contribution is 2.50. The minimum Gasteiger partial charge on any atom is -0.435 e. The highest BCUT2D eigenvalue weighted by Gasteiger charge is 2.38. The van der Waals surface area contributed by atoms with Gasteiger partial charge in [0.25, 0.3) is 0 Å². The van der Waals surface area contributed by atoms with Gasteiger partial charge >= 0.3 is 6.61 Å². The molecule has 1 heterocycles. The molecule has 8 heteroatoms. The van der Waals surface area contributed by atoms with Crippen molar-refractivity contribution in [3.63, 3.8) is 0 Å². The molecular weight excluding hydrogens is 503 g/mol. The Bertz CT molecular complexity index is 1180. The van der Waals surface area contributed by atoms with Crippen molar-refractivity contribution in [1.29, 1.82) is 0 Å². The van der Waals surface area contributed by atoms with Crippen LogP contribution in [0, 0.1) is 11.8 Å². The summed E-state index contributed by atoms with van der Waals surface area (Å²) in [6, 6.07) is 8.47. The molecule has 1 fully saturated rings. The van der Waals surface area contributed by atoms with Crippen molar-refractivity contribution in [2.75, 3.05) is 13.2 Å². The van der Waals surface area contributed by atoms with Gasteiger partial charge in [0, 0.05) is 12.2 Å². The largest absolute Gasteiger partial charge is 0.435 e. The van der Waals surface area contributed by atoms with Gasteiger partial charge in [0.05, 0.1) is 11.3 Å². The number of ether oxygens (including phenoxy) is 1. The molecule has 39 heavy (non-hydrogen) atoms. The first-order valence-corrected chi connectivity index (χ1v) is 13.8. The third-order valence-electron chi connectivity index (χ3n) is 8.28. The van der Waals surface area contributed by atoms with Crippen LogP contribution >= 0.6 is 0 Å². The van der Waals surface area contributed by atoms with Crippen LogP contribution in [0.1, 0.15) is 73.8 Å². The van der Waals surface area contributed by atoms with Crippen molar-refractivity contribution >= 4 is 17.1 Å². The normalized spacial score (nSPS) is 20.2. The van der Waals surface area contributed by atoms with Crippen molar-refractivity contribution in [2.24, 2.45) is 17.6 Å². The summed E-state index contributed by atoms with van der Waals surface area (Å²) in [6.45, 7) is 3.06. The van der Waals surface area contributed by atoms with Gasteiger partial charge in [-0.1, -0.05) is 44.4 Å². The minimum absolute atomic E-state index is 0.0215. The predicted octanol–water partition coefficient (Wildman–Crippen LogP) is 6.44. The van der Waals surface area contributed by atoms with Gasteiger partial charge in [-0.3, -0.25) is 9.78 Å². The second-order valence-corrected chi connectivity index (χ2v) is 10.7. The molecule has 0 bridgehead atoms. The number of nitrogens with one attached hydrogen (secondary N) is 1. The van der Waals surface area contributed by atoms with Crippen LogP contribution in [0.15, 0.2) is 49.2 Å². The lowest BCUT2D eigenvalue weighted by Crippen LogP contribution is -2.32. The fourth-order valence-electron chi connectivity index (χ4n) is 5.91. The van der Waals surface area contributed by atoms with Gasteiger partial charge in [-0.25, -0.2) is 4.39 Å². The first kappa shape index (κ1) is 28.9. The first-order chi connectivity index (χ1) is 18.8. The van der Waals surface area contributed by atoms with Gasteiger partial charge in [0.2, 0.25) is 5.91 Å². The molecule has 0 saturated heterocycles. The van der Waals surface area contributed by atoms with Crippen molar-refractivity contribution < 1.29 is 22.7 Å². The summed E-state index contributed by atoms with van der Waals surface area (Å²) in [5.74, 6) is 0.218. The molecule has 0 radical (unpaired) electrons. The van der Waals surface area contributed by atoms with E-state index in [9.17, 15) is 18.0 Å². The van der Waals surface area contributed by atoms with E-state index < -0.39 is 19.2 Å².